The Morgan fingerprint density at radius 1 is 1.35 bits per heavy atom. The number of benzene rings is 1. The number of carbonyl (C=O) groups excluding carboxylic acids is 1. The summed E-state index contributed by atoms with van der Waals surface area (Å²) in [5.74, 6) is -0.214. The van der Waals surface area contributed by atoms with E-state index in [-0.39, 0.29) is 5.91 Å². The van der Waals surface area contributed by atoms with Crippen LogP contribution in [-0.2, 0) is 0 Å². The van der Waals surface area contributed by atoms with E-state index in [4.69, 9.17) is 5.73 Å². The van der Waals surface area contributed by atoms with E-state index < -0.39 is 0 Å². The molecule has 0 saturated carbocycles. The molecule has 0 aliphatic rings. The van der Waals surface area contributed by atoms with Gasteiger partial charge in [-0.15, -0.1) is 0 Å². The molecule has 2 aromatic heterocycles. The van der Waals surface area contributed by atoms with Crippen molar-refractivity contribution in [3.05, 3.63) is 47.1 Å². The van der Waals surface area contributed by atoms with E-state index in [1.807, 2.05) is 30.3 Å². The predicted octanol–water partition coefficient (Wildman–Crippen LogP) is 2.83. The number of hydrogen-bond donors (Lipinski definition) is 2. The number of amides is 1. The van der Waals surface area contributed by atoms with Crippen LogP contribution in [0.3, 0.4) is 0 Å². The maximum atomic E-state index is 12.2. The van der Waals surface area contributed by atoms with Crippen LogP contribution in [0.4, 0.5) is 10.8 Å². The Hall–Kier alpha value is -2.47. The monoisotopic (exact) mass is 284 g/mol. The Balaban J connectivity index is 1.89. The van der Waals surface area contributed by atoms with Crippen LogP contribution in [0.25, 0.3) is 10.9 Å². The summed E-state index contributed by atoms with van der Waals surface area (Å²) < 4.78 is 0. The maximum absolute atomic E-state index is 12.2. The van der Waals surface area contributed by atoms with Crippen LogP contribution in [0.1, 0.15) is 15.4 Å². The number of hydrogen-bond acceptors (Lipinski definition) is 5. The summed E-state index contributed by atoms with van der Waals surface area (Å²) in [6, 6.07) is 9.63. The topological polar surface area (TPSA) is 80.9 Å². The molecule has 1 aromatic carbocycles. The number of nitrogens with one attached hydrogen (secondary N) is 1. The van der Waals surface area contributed by atoms with Gasteiger partial charge in [0.1, 0.15) is 4.88 Å². The quantitative estimate of drug-likeness (QED) is 0.758. The molecule has 2 heterocycles. The average Bonchev–Trinajstić information content (AvgIpc) is 2.78. The third kappa shape index (κ3) is 2.33. The van der Waals surface area contributed by atoms with Crippen molar-refractivity contribution in [1.29, 1.82) is 0 Å². The lowest BCUT2D eigenvalue weighted by Gasteiger charge is -2.05. The number of para-hydroxylation sites is 1. The molecule has 5 nitrogen and oxygen atoms in total. The van der Waals surface area contributed by atoms with Crippen molar-refractivity contribution in [2.45, 2.75) is 6.92 Å². The molecule has 3 aromatic rings. The van der Waals surface area contributed by atoms with Gasteiger partial charge >= 0.3 is 0 Å². The molecule has 0 unspecified atom stereocenters. The van der Waals surface area contributed by atoms with Gasteiger partial charge in [0.15, 0.2) is 5.13 Å². The summed E-state index contributed by atoms with van der Waals surface area (Å²) in [5.41, 5.74) is 7.78. The number of rotatable bonds is 2. The van der Waals surface area contributed by atoms with Gasteiger partial charge in [0.2, 0.25) is 0 Å². The molecule has 100 valence electrons. The van der Waals surface area contributed by atoms with Gasteiger partial charge in [-0.1, -0.05) is 29.5 Å². The Morgan fingerprint density at radius 3 is 2.90 bits per heavy atom. The zero-order chi connectivity index (χ0) is 14.1. The van der Waals surface area contributed by atoms with Crippen LogP contribution in [0.15, 0.2) is 36.5 Å². The van der Waals surface area contributed by atoms with Crippen molar-refractivity contribution in [2.24, 2.45) is 0 Å². The lowest BCUT2D eigenvalue weighted by Crippen LogP contribution is -2.11. The molecule has 1 amide bonds. The van der Waals surface area contributed by atoms with Crippen molar-refractivity contribution >= 4 is 39.0 Å². The van der Waals surface area contributed by atoms with Crippen molar-refractivity contribution in [3.63, 3.8) is 0 Å². The highest BCUT2D eigenvalue weighted by molar-refractivity contribution is 7.17. The van der Waals surface area contributed by atoms with Gasteiger partial charge in [-0.25, -0.2) is 4.98 Å². The molecule has 0 fully saturated rings. The molecule has 0 aliphatic heterocycles. The van der Waals surface area contributed by atoms with Gasteiger partial charge < -0.3 is 11.1 Å². The number of aromatic nitrogens is 2. The smallest absolute Gasteiger partial charge is 0.267 e. The normalized spacial score (nSPS) is 10.7. The first-order valence-corrected chi connectivity index (χ1v) is 6.84. The SMILES string of the molecule is Cc1nc(N)sc1C(=O)Nc1cnc2ccccc2c1. The standard InChI is InChI=1S/C14H12N4OS/c1-8-12(20-14(15)17-8)13(19)18-10-6-9-4-2-3-5-11(9)16-7-10/h2-7H,1H3,(H2,15,17)(H,18,19). The summed E-state index contributed by atoms with van der Waals surface area (Å²) in [4.78, 5) is 21.0. The molecule has 6 heteroatoms. The molecule has 0 saturated heterocycles. The summed E-state index contributed by atoms with van der Waals surface area (Å²) in [5, 5.41) is 4.19. The molecular weight excluding hydrogens is 272 g/mol. The molecular formula is C14H12N4OS. The van der Waals surface area contributed by atoms with Crippen molar-refractivity contribution < 1.29 is 4.79 Å². The number of nitrogens with zero attached hydrogens (tertiary/aromatic N) is 2. The van der Waals surface area contributed by atoms with Crippen LogP contribution >= 0.6 is 11.3 Å². The highest BCUT2D eigenvalue weighted by atomic mass is 32.1. The fourth-order valence-electron chi connectivity index (χ4n) is 1.96. The molecule has 0 radical (unpaired) electrons. The van der Waals surface area contributed by atoms with E-state index in [2.05, 4.69) is 15.3 Å². The molecule has 0 spiro atoms. The Labute approximate surface area is 119 Å². The van der Waals surface area contributed by atoms with Crippen LogP contribution in [0.5, 0.6) is 0 Å². The Bertz CT molecular complexity index is 797. The second-order valence-electron chi connectivity index (χ2n) is 4.34. The first-order chi connectivity index (χ1) is 9.63. The summed E-state index contributed by atoms with van der Waals surface area (Å²) >= 11 is 1.18. The van der Waals surface area contributed by atoms with E-state index in [0.29, 0.717) is 21.4 Å². The molecule has 20 heavy (non-hydrogen) atoms. The van der Waals surface area contributed by atoms with E-state index in [0.717, 1.165) is 10.9 Å². The third-order valence-corrected chi connectivity index (χ3v) is 3.85. The van der Waals surface area contributed by atoms with Gasteiger partial charge in [-0.2, -0.15) is 0 Å². The number of nitrogen functional groups attached to an aromatic ring is 1. The number of pyridine rings is 1. The van der Waals surface area contributed by atoms with Crippen LogP contribution in [0, 0.1) is 6.92 Å². The zero-order valence-electron chi connectivity index (χ0n) is 10.8. The van der Waals surface area contributed by atoms with Gasteiger partial charge in [-0.3, -0.25) is 9.78 Å². The van der Waals surface area contributed by atoms with E-state index in [1.54, 1.807) is 13.1 Å². The highest BCUT2D eigenvalue weighted by Gasteiger charge is 2.14. The van der Waals surface area contributed by atoms with Crippen LogP contribution < -0.4 is 11.1 Å². The molecule has 0 aliphatic carbocycles. The van der Waals surface area contributed by atoms with Gasteiger partial charge in [0.25, 0.3) is 5.91 Å². The van der Waals surface area contributed by atoms with Crippen LogP contribution in [0.2, 0.25) is 0 Å². The van der Waals surface area contributed by atoms with Gasteiger partial charge in [0, 0.05) is 5.39 Å². The molecule has 0 atom stereocenters. The lowest BCUT2D eigenvalue weighted by molar-refractivity contribution is 0.103. The number of carbonyl (C=O) groups is 1. The van der Waals surface area contributed by atoms with Crippen molar-refractivity contribution in [2.75, 3.05) is 11.1 Å². The Morgan fingerprint density at radius 2 is 2.15 bits per heavy atom. The molecule has 0 bridgehead atoms. The number of aryl methyl sites for hydroxylation is 1. The summed E-state index contributed by atoms with van der Waals surface area (Å²) in [6.07, 6.45) is 1.64. The fourth-order valence-corrected chi connectivity index (χ4v) is 2.68. The predicted molar refractivity (Wildman–Crippen MR) is 81.0 cm³/mol. The van der Waals surface area contributed by atoms with Gasteiger partial charge in [-0.05, 0) is 19.1 Å². The third-order valence-electron chi connectivity index (χ3n) is 2.87. The second kappa shape index (κ2) is 4.90. The first-order valence-electron chi connectivity index (χ1n) is 6.02. The van der Waals surface area contributed by atoms with Gasteiger partial charge in [0.05, 0.1) is 23.1 Å². The van der Waals surface area contributed by atoms with E-state index >= 15 is 0 Å². The minimum Gasteiger partial charge on any atom is -0.375 e. The Kier molecular flexibility index (Phi) is 3.08. The summed E-state index contributed by atoms with van der Waals surface area (Å²) in [6.45, 7) is 1.76. The minimum atomic E-state index is -0.214. The summed E-state index contributed by atoms with van der Waals surface area (Å²) in [7, 11) is 0. The second-order valence-corrected chi connectivity index (χ2v) is 5.37. The average molecular weight is 284 g/mol. The fraction of sp³-hybridized carbons (Fsp3) is 0.0714. The highest BCUT2D eigenvalue weighted by Crippen LogP contribution is 2.22. The van der Waals surface area contributed by atoms with E-state index in [1.165, 1.54) is 11.3 Å². The first kappa shape index (κ1) is 12.6. The molecule has 3 rings (SSSR count). The minimum absolute atomic E-state index is 0.214. The number of nitrogens with two attached hydrogens (primary N) is 1. The zero-order valence-corrected chi connectivity index (χ0v) is 11.6. The van der Waals surface area contributed by atoms with Crippen molar-refractivity contribution in [1.82, 2.24) is 9.97 Å². The van der Waals surface area contributed by atoms with E-state index in [9.17, 15) is 4.79 Å². The number of fused-ring (bicyclic) bond motifs is 1. The van der Waals surface area contributed by atoms with Crippen LogP contribution in [-0.4, -0.2) is 15.9 Å². The van der Waals surface area contributed by atoms with Crippen molar-refractivity contribution in [3.8, 4) is 0 Å². The lowest BCUT2D eigenvalue weighted by atomic mass is 10.2. The number of thiazole rings is 1. The number of anilines is 2. The molecule has 3 N–H and O–H groups in total. The largest absolute Gasteiger partial charge is 0.375 e. The maximum Gasteiger partial charge on any atom is 0.267 e.